The van der Waals surface area contributed by atoms with Crippen LogP contribution in [0.2, 0.25) is 5.15 Å². The predicted octanol–water partition coefficient (Wildman–Crippen LogP) is 2.71. The number of aryl methyl sites for hydroxylation is 1. The van der Waals surface area contributed by atoms with Gasteiger partial charge in [0.2, 0.25) is 0 Å². The van der Waals surface area contributed by atoms with Crippen molar-refractivity contribution in [1.29, 1.82) is 0 Å². The van der Waals surface area contributed by atoms with Gasteiger partial charge < -0.3 is 0 Å². The van der Waals surface area contributed by atoms with E-state index in [1.165, 1.54) is 16.0 Å². The molecule has 0 atom stereocenters. The number of thiophene rings is 1. The highest BCUT2D eigenvalue weighted by atomic mass is 35.5. The van der Waals surface area contributed by atoms with Gasteiger partial charge in [0, 0.05) is 30.4 Å². The lowest BCUT2D eigenvalue weighted by Crippen LogP contribution is -2.19. The number of nitrogens with zero attached hydrogens (tertiary/aromatic N) is 3. The van der Waals surface area contributed by atoms with E-state index in [-0.39, 0.29) is 5.56 Å². The van der Waals surface area contributed by atoms with Crippen LogP contribution >= 0.6 is 22.9 Å². The summed E-state index contributed by atoms with van der Waals surface area (Å²) in [6, 6.07) is 3.74. The van der Waals surface area contributed by atoms with E-state index in [0.29, 0.717) is 10.5 Å². The summed E-state index contributed by atoms with van der Waals surface area (Å²) in [7, 11) is 1.60. The van der Waals surface area contributed by atoms with Gasteiger partial charge in [-0.25, -0.2) is 4.68 Å². The molecule has 0 radical (unpaired) electrons. The van der Waals surface area contributed by atoms with Crippen LogP contribution in [0, 0.1) is 0 Å². The lowest BCUT2D eigenvalue weighted by molar-refractivity contribution is 0.720. The summed E-state index contributed by atoms with van der Waals surface area (Å²) in [6.45, 7) is 0. The first-order valence-corrected chi connectivity index (χ1v) is 6.48. The third-order valence-electron chi connectivity index (χ3n) is 2.72. The van der Waals surface area contributed by atoms with Gasteiger partial charge in [-0.15, -0.1) is 11.3 Å². The van der Waals surface area contributed by atoms with E-state index < -0.39 is 0 Å². The van der Waals surface area contributed by atoms with Crippen LogP contribution in [0.15, 0.2) is 34.7 Å². The van der Waals surface area contributed by atoms with Crippen molar-refractivity contribution in [3.05, 3.63) is 45.4 Å². The van der Waals surface area contributed by atoms with Gasteiger partial charge in [-0.2, -0.15) is 5.10 Å². The second-order valence-electron chi connectivity index (χ2n) is 3.81. The van der Waals surface area contributed by atoms with Crippen LogP contribution in [0.1, 0.15) is 0 Å². The maximum Gasteiger partial charge on any atom is 0.275 e. The summed E-state index contributed by atoms with van der Waals surface area (Å²) < 4.78 is 1.99. The number of fused-ring (bicyclic) bond motifs is 1. The molecule has 0 aromatic carbocycles. The molecule has 0 saturated carbocycles. The van der Waals surface area contributed by atoms with E-state index in [2.05, 4.69) is 10.1 Å². The molecule has 0 aliphatic heterocycles. The molecule has 0 N–H and O–H groups in total. The molecule has 18 heavy (non-hydrogen) atoms. The zero-order valence-electron chi connectivity index (χ0n) is 9.42. The first-order valence-electron chi connectivity index (χ1n) is 5.23. The van der Waals surface area contributed by atoms with E-state index >= 15 is 0 Å². The molecule has 3 aromatic rings. The molecule has 90 valence electrons. The van der Waals surface area contributed by atoms with Crippen LogP contribution in [0.4, 0.5) is 0 Å². The molecular formula is C12H8ClN3OS. The minimum Gasteiger partial charge on any atom is -0.267 e. The number of pyridine rings is 1. The monoisotopic (exact) mass is 277 g/mol. The van der Waals surface area contributed by atoms with E-state index in [4.69, 9.17) is 11.6 Å². The molecule has 0 saturated heterocycles. The molecule has 0 bridgehead atoms. The first kappa shape index (κ1) is 11.4. The summed E-state index contributed by atoms with van der Waals surface area (Å²) in [6.07, 6.45) is 3.40. The van der Waals surface area contributed by atoms with Gasteiger partial charge in [0.25, 0.3) is 5.56 Å². The van der Waals surface area contributed by atoms with Gasteiger partial charge in [-0.1, -0.05) is 11.6 Å². The highest BCUT2D eigenvalue weighted by Crippen LogP contribution is 2.34. The Bertz CT molecular complexity index is 779. The minimum absolute atomic E-state index is 0.137. The fourth-order valence-corrected chi connectivity index (χ4v) is 3.13. The first-order chi connectivity index (χ1) is 8.68. The van der Waals surface area contributed by atoms with Crippen molar-refractivity contribution in [1.82, 2.24) is 14.8 Å². The molecule has 3 heterocycles. The number of hydrogen-bond donors (Lipinski definition) is 0. The average molecular weight is 278 g/mol. The molecule has 6 heteroatoms. The van der Waals surface area contributed by atoms with Crippen molar-refractivity contribution in [3.63, 3.8) is 0 Å². The highest BCUT2D eigenvalue weighted by Gasteiger charge is 2.14. The third kappa shape index (κ3) is 1.63. The van der Waals surface area contributed by atoms with E-state index in [1.807, 2.05) is 17.5 Å². The van der Waals surface area contributed by atoms with Gasteiger partial charge in [-0.3, -0.25) is 9.78 Å². The second-order valence-corrected chi connectivity index (χ2v) is 5.05. The van der Waals surface area contributed by atoms with Crippen LogP contribution in [-0.4, -0.2) is 14.8 Å². The molecule has 0 aliphatic rings. The Hall–Kier alpha value is -1.72. The van der Waals surface area contributed by atoms with E-state index in [9.17, 15) is 4.79 Å². The van der Waals surface area contributed by atoms with Crippen LogP contribution in [0.3, 0.4) is 0 Å². The standard InChI is InChI=1S/C12H8ClN3OS/c1-16-12(17)9-8(7-2-4-14-5-3-7)6-18-10(9)11(13)15-16/h2-6H,1H3. The summed E-state index contributed by atoms with van der Waals surface area (Å²) in [5.74, 6) is 0. The third-order valence-corrected chi connectivity index (χ3v) is 4.08. The Morgan fingerprint density at radius 2 is 2.06 bits per heavy atom. The molecule has 0 amide bonds. The van der Waals surface area contributed by atoms with Crippen molar-refractivity contribution in [2.24, 2.45) is 7.05 Å². The number of rotatable bonds is 1. The quantitative estimate of drug-likeness (QED) is 0.687. The van der Waals surface area contributed by atoms with Gasteiger partial charge >= 0.3 is 0 Å². The summed E-state index contributed by atoms with van der Waals surface area (Å²) >= 11 is 7.49. The largest absolute Gasteiger partial charge is 0.275 e. The second kappa shape index (κ2) is 4.19. The molecular weight excluding hydrogens is 270 g/mol. The minimum atomic E-state index is -0.137. The SMILES string of the molecule is Cn1nc(Cl)c2scc(-c3ccncc3)c2c1=O. The predicted molar refractivity (Wildman–Crippen MR) is 73.1 cm³/mol. The van der Waals surface area contributed by atoms with Gasteiger partial charge in [-0.05, 0) is 17.7 Å². The lowest BCUT2D eigenvalue weighted by atomic mass is 10.1. The number of halogens is 1. The average Bonchev–Trinajstić information content (AvgIpc) is 2.82. The molecule has 0 aliphatic carbocycles. The highest BCUT2D eigenvalue weighted by molar-refractivity contribution is 7.18. The Labute approximate surface area is 111 Å². The Kier molecular flexibility index (Phi) is 2.65. The fourth-order valence-electron chi connectivity index (χ4n) is 1.85. The molecule has 4 nitrogen and oxygen atoms in total. The maximum atomic E-state index is 12.2. The maximum absolute atomic E-state index is 12.2. The summed E-state index contributed by atoms with van der Waals surface area (Å²) in [4.78, 5) is 16.1. The zero-order valence-corrected chi connectivity index (χ0v) is 11.0. The van der Waals surface area contributed by atoms with Crippen LogP contribution < -0.4 is 5.56 Å². The fraction of sp³-hybridized carbons (Fsp3) is 0.0833. The van der Waals surface area contributed by atoms with Crippen LogP contribution in [0.5, 0.6) is 0 Å². The molecule has 3 aromatic heterocycles. The normalized spacial score (nSPS) is 11.0. The topological polar surface area (TPSA) is 47.8 Å². The Balaban J connectivity index is 2.43. The Morgan fingerprint density at radius 3 is 2.78 bits per heavy atom. The number of hydrogen-bond acceptors (Lipinski definition) is 4. The smallest absolute Gasteiger partial charge is 0.267 e. The number of aromatic nitrogens is 3. The van der Waals surface area contributed by atoms with Crippen LogP contribution in [-0.2, 0) is 7.05 Å². The van der Waals surface area contributed by atoms with Crippen molar-refractivity contribution < 1.29 is 0 Å². The molecule has 0 fully saturated rings. The van der Waals surface area contributed by atoms with Crippen molar-refractivity contribution in [2.75, 3.05) is 0 Å². The Morgan fingerprint density at radius 1 is 1.33 bits per heavy atom. The van der Waals surface area contributed by atoms with Gasteiger partial charge in [0.1, 0.15) is 0 Å². The van der Waals surface area contributed by atoms with E-state index in [0.717, 1.165) is 15.8 Å². The summed E-state index contributed by atoms with van der Waals surface area (Å²) in [5.41, 5.74) is 1.69. The van der Waals surface area contributed by atoms with Crippen molar-refractivity contribution in [3.8, 4) is 11.1 Å². The molecule has 3 rings (SSSR count). The van der Waals surface area contributed by atoms with Gasteiger partial charge in [0.15, 0.2) is 5.15 Å². The molecule has 0 unspecified atom stereocenters. The van der Waals surface area contributed by atoms with Crippen molar-refractivity contribution >= 4 is 33.0 Å². The summed E-state index contributed by atoms with van der Waals surface area (Å²) in [5, 5.41) is 6.88. The molecule has 0 spiro atoms. The van der Waals surface area contributed by atoms with Crippen LogP contribution in [0.25, 0.3) is 21.2 Å². The zero-order chi connectivity index (χ0) is 12.7. The van der Waals surface area contributed by atoms with Gasteiger partial charge in [0.05, 0.1) is 10.1 Å². The lowest BCUT2D eigenvalue weighted by Gasteiger charge is -2.01. The van der Waals surface area contributed by atoms with E-state index in [1.54, 1.807) is 19.4 Å². The van der Waals surface area contributed by atoms with Crippen molar-refractivity contribution in [2.45, 2.75) is 0 Å².